The molecule has 8 heteroatoms. The highest BCUT2D eigenvalue weighted by atomic mass is 16.2. The van der Waals surface area contributed by atoms with E-state index in [0.29, 0.717) is 0 Å². The highest BCUT2D eigenvalue weighted by Gasteiger charge is 1.94. The average molecular weight is 266 g/mol. The van der Waals surface area contributed by atoms with Gasteiger partial charge in [0.1, 0.15) is 0 Å². The monoisotopic (exact) mass is 266 g/mol. The normalized spacial score (nSPS) is 6.72. The van der Waals surface area contributed by atoms with E-state index in [9.17, 15) is 9.59 Å². The third kappa shape index (κ3) is 36.6. The molecule has 8 nitrogen and oxygen atoms in total. The second-order valence-corrected chi connectivity index (χ2v) is 2.78. The lowest BCUT2D eigenvalue weighted by atomic mass is 10.8. The van der Waals surface area contributed by atoms with E-state index in [0.717, 1.165) is 0 Å². The second-order valence-electron chi connectivity index (χ2n) is 2.78. The predicted molar refractivity (Wildman–Crippen MR) is 76.8 cm³/mol. The zero-order chi connectivity index (χ0) is 15.6. The van der Waals surface area contributed by atoms with Crippen molar-refractivity contribution in [3.8, 4) is 0 Å². The first kappa shape index (κ1) is 25.3. The van der Waals surface area contributed by atoms with Crippen LogP contribution >= 0.6 is 0 Å². The summed E-state index contributed by atoms with van der Waals surface area (Å²) < 4.78 is 0. The molecular weight excluding hydrogens is 236 g/mol. The molecule has 0 aromatic carbocycles. The van der Waals surface area contributed by atoms with E-state index < -0.39 is 0 Å². The fraction of sp³-hybridized carbons (Fsp3) is 0.800. The lowest BCUT2D eigenvalue weighted by Gasteiger charge is -2.06. The Morgan fingerprint density at radius 2 is 1.11 bits per heavy atom. The molecule has 0 aliphatic carbocycles. The third-order valence-electron chi connectivity index (χ3n) is 1.07. The van der Waals surface area contributed by atoms with Gasteiger partial charge in [-0.2, -0.15) is 0 Å². The van der Waals surface area contributed by atoms with Gasteiger partial charge >= 0.3 is 12.1 Å². The Morgan fingerprint density at radius 3 is 1.11 bits per heavy atom. The molecule has 0 rings (SSSR count). The van der Waals surface area contributed by atoms with Crippen LogP contribution < -0.4 is 27.0 Å². The summed E-state index contributed by atoms with van der Waals surface area (Å²) in [7, 11) is 13.4. The minimum atomic E-state index is -0.157. The maximum absolute atomic E-state index is 10.3. The molecule has 0 bridgehead atoms. The molecule has 0 heterocycles. The molecule has 0 spiro atoms. The van der Waals surface area contributed by atoms with Crippen LogP contribution in [0.2, 0.25) is 0 Å². The molecule has 0 radical (unpaired) electrons. The zero-order valence-corrected chi connectivity index (χ0v) is 12.8. The van der Waals surface area contributed by atoms with Gasteiger partial charge in [0.05, 0.1) is 0 Å². The highest BCUT2D eigenvalue weighted by molar-refractivity contribution is 5.73. The number of rotatable bonds is 0. The maximum atomic E-state index is 10.3. The van der Waals surface area contributed by atoms with Crippen LogP contribution in [-0.2, 0) is 0 Å². The average Bonchev–Trinajstić information content (AvgIpc) is 2.40. The van der Waals surface area contributed by atoms with Gasteiger partial charge in [0.2, 0.25) is 0 Å². The standard InChI is InChI=1S/C4H10N2O.C3H8N2O.C2H7N.CH5N/c1-5-4(7)6(2)3;1-4-3(6)5-2;1-3-2;1-2/h1-3H3,(H,5,7);1-2H3,(H2,4,5,6);3H,1-2H3;2H2,1H3. The molecule has 18 heavy (non-hydrogen) atoms. The number of nitrogens with one attached hydrogen (secondary N) is 4. The number of amides is 4. The predicted octanol–water partition coefficient (Wildman–Crippen LogP) is -1.16. The topological polar surface area (TPSA) is 112 Å². The molecular formula is C10H30N6O2. The summed E-state index contributed by atoms with van der Waals surface area (Å²) in [4.78, 5) is 21.8. The Morgan fingerprint density at radius 1 is 0.833 bits per heavy atom. The molecule has 0 fully saturated rings. The quantitative estimate of drug-likeness (QED) is 0.381. The van der Waals surface area contributed by atoms with Gasteiger partial charge < -0.3 is 31.9 Å². The summed E-state index contributed by atoms with van der Waals surface area (Å²) >= 11 is 0. The number of hydrogen-bond acceptors (Lipinski definition) is 4. The fourth-order valence-corrected chi connectivity index (χ4v) is 0.349. The maximum Gasteiger partial charge on any atom is 0.316 e. The lowest BCUT2D eigenvalue weighted by Crippen LogP contribution is -2.31. The van der Waals surface area contributed by atoms with Crippen molar-refractivity contribution >= 4 is 12.1 Å². The second kappa shape index (κ2) is 24.6. The number of nitrogens with two attached hydrogens (primary N) is 1. The van der Waals surface area contributed by atoms with Gasteiger partial charge in [-0.25, -0.2) is 9.59 Å². The zero-order valence-electron chi connectivity index (χ0n) is 12.8. The van der Waals surface area contributed by atoms with Crippen molar-refractivity contribution < 1.29 is 9.59 Å². The van der Waals surface area contributed by atoms with Gasteiger partial charge in [0.15, 0.2) is 0 Å². The van der Waals surface area contributed by atoms with E-state index in [2.05, 4.69) is 27.0 Å². The van der Waals surface area contributed by atoms with Crippen LogP contribution in [0.5, 0.6) is 0 Å². The molecule has 4 amide bonds. The van der Waals surface area contributed by atoms with Gasteiger partial charge in [-0.05, 0) is 21.1 Å². The Hall–Kier alpha value is -1.54. The molecule has 112 valence electrons. The minimum Gasteiger partial charge on any atom is -0.341 e. The van der Waals surface area contributed by atoms with Gasteiger partial charge in [-0.1, -0.05) is 0 Å². The van der Waals surface area contributed by atoms with E-state index in [1.165, 1.54) is 11.9 Å². The molecule has 6 N–H and O–H groups in total. The summed E-state index contributed by atoms with van der Waals surface area (Å²) in [5.41, 5.74) is 4.50. The van der Waals surface area contributed by atoms with E-state index in [4.69, 9.17) is 0 Å². The van der Waals surface area contributed by atoms with Crippen LogP contribution in [0, 0.1) is 0 Å². The van der Waals surface area contributed by atoms with E-state index in [1.54, 1.807) is 35.2 Å². The molecule has 0 aliphatic rings. The Bertz CT molecular complexity index is 170. The van der Waals surface area contributed by atoms with Gasteiger partial charge in [0, 0.05) is 35.2 Å². The smallest absolute Gasteiger partial charge is 0.316 e. The summed E-state index contributed by atoms with van der Waals surface area (Å²) in [6.45, 7) is 0. The van der Waals surface area contributed by atoms with Gasteiger partial charge in [-0.15, -0.1) is 0 Å². The molecule has 0 atom stereocenters. The summed E-state index contributed by atoms with van der Waals surface area (Å²) in [5, 5.41) is 9.93. The van der Waals surface area contributed by atoms with Crippen LogP contribution in [0.4, 0.5) is 9.59 Å². The largest absolute Gasteiger partial charge is 0.341 e. The van der Waals surface area contributed by atoms with Crippen molar-refractivity contribution in [2.75, 3.05) is 56.4 Å². The SMILES string of the molecule is CN.CNC.CNC(=O)N(C)C.CNC(=O)NC. The van der Waals surface area contributed by atoms with Crippen LogP contribution in [0.25, 0.3) is 0 Å². The highest BCUT2D eigenvalue weighted by Crippen LogP contribution is 1.70. The first-order chi connectivity index (χ1) is 8.40. The van der Waals surface area contributed by atoms with Crippen molar-refractivity contribution in [3.05, 3.63) is 0 Å². The van der Waals surface area contributed by atoms with Gasteiger partial charge in [0.25, 0.3) is 0 Å². The Balaban J connectivity index is -0.0000000811. The van der Waals surface area contributed by atoms with E-state index in [1.807, 2.05) is 14.1 Å². The van der Waals surface area contributed by atoms with Crippen LogP contribution in [0.15, 0.2) is 0 Å². The van der Waals surface area contributed by atoms with Crippen LogP contribution in [-0.4, -0.2) is 73.3 Å². The molecule has 0 unspecified atom stereocenters. The summed E-state index contributed by atoms with van der Waals surface area (Å²) in [6.07, 6.45) is 0. The summed E-state index contributed by atoms with van der Waals surface area (Å²) in [5.74, 6) is 0. The van der Waals surface area contributed by atoms with Crippen LogP contribution in [0.3, 0.4) is 0 Å². The first-order valence-corrected chi connectivity index (χ1v) is 5.35. The Kier molecular flexibility index (Phi) is 34.7. The van der Waals surface area contributed by atoms with Crippen molar-refractivity contribution in [1.29, 1.82) is 0 Å². The third-order valence-corrected chi connectivity index (χ3v) is 1.07. The minimum absolute atomic E-state index is 0.0694. The molecule has 0 saturated heterocycles. The number of nitrogens with zero attached hydrogens (tertiary/aromatic N) is 1. The van der Waals surface area contributed by atoms with Crippen molar-refractivity contribution in [3.63, 3.8) is 0 Å². The number of urea groups is 2. The molecule has 0 aromatic rings. The van der Waals surface area contributed by atoms with Gasteiger partial charge in [-0.3, -0.25) is 0 Å². The van der Waals surface area contributed by atoms with E-state index >= 15 is 0 Å². The summed E-state index contributed by atoms with van der Waals surface area (Å²) in [6, 6.07) is -0.227. The fourth-order valence-electron chi connectivity index (χ4n) is 0.349. The first-order valence-electron chi connectivity index (χ1n) is 5.35. The van der Waals surface area contributed by atoms with Crippen molar-refractivity contribution in [2.45, 2.75) is 0 Å². The number of carbonyl (C=O) groups excluding carboxylic acids is 2. The van der Waals surface area contributed by atoms with E-state index in [-0.39, 0.29) is 12.1 Å². The van der Waals surface area contributed by atoms with Crippen LogP contribution in [0.1, 0.15) is 0 Å². The number of carbonyl (C=O) groups is 2. The molecule has 0 aromatic heterocycles. The van der Waals surface area contributed by atoms with Crippen molar-refractivity contribution in [1.82, 2.24) is 26.2 Å². The lowest BCUT2D eigenvalue weighted by molar-refractivity contribution is 0.219. The number of hydrogen-bond donors (Lipinski definition) is 5. The molecule has 0 saturated carbocycles. The Labute approximate surface area is 111 Å². The van der Waals surface area contributed by atoms with Crippen molar-refractivity contribution in [2.24, 2.45) is 5.73 Å². The molecule has 0 aliphatic heterocycles.